The van der Waals surface area contributed by atoms with Gasteiger partial charge in [0, 0.05) is 17.8 Å². The minimum atomic E-state index is 0.0936. The first kappa shape index (κ1) is 9.85. The first-order valence-electron chi connectivity index (χ1n) is 5.87. The van der Waals surface area contributed by atoms with Gasteiger partial charge in [-0.15, -0.1) is 0 Å². The molecule has 16 heavy (non-hydrogen) atoms. The van der Waals surface area contributed by atoms with Crippen molar-refractivity contribution in [3.63, 3.8) is 0 Å². The molecule has 0 saturated carbocycles. The molecular weight excluding hydrogens is 200 g/mol. The van der Waals surface area contributed by atoms with Crippen LogP contribution in [0.4, 0.5) is 0 Å². The number of pyridine rings is 1. The van der Waals surface area contributed by atoms with E-state index in [4.69, 9.17) is 5.11 Å². The van der Waals surface area contributed by atoms with Gasteiger partial charge >= 0.3 is 0 Å². The van der Waals surface area contributed by atoms with Crippen LogP contribution in [0.5, 0.6) is 5.88 Å². The van der Waals surface area contributed by atoms with Crippen LogP contribution in [-0.2, 0) is 0 Å². The van der Waals surface area contributed by atoms with Crippen LogP contribution in [0.3, 0.4) is 0 Å². The van der Waals surface area contributed by atoms with Gasteiger partial charge < -0.3 is 10.4 Å². The summed E-state index contributed by atoms with van der Waals surface area (Å²) in [6.45, 7) is 1.15. The van der Waals surface area contributed by atoms with Gasteiger partial charge in [-0.2, -0.15) is 0 Å². The average Bonchev–Trinajstić information content (AvgIpc) is 2.91. The lowest BCUT2D eigenvalue weighted by molar-refractivity contribution is 0.406. The monoisotopic (exact) mass is 216 g/mol. The van der Waals surface area contributed by atoms with Crippen LogP contribution >= 0.6 is 0 Å². The predicted molar refractivity (Wildman–Crippen MR) is 63.1 cm³/mol. The van der Waals surface area contributed by atoms with Crippen LogP contribution in [0.1, 0.15) is 31.2 Å². The topological polar surface area (TPSA) is 45.1 Å². The van der Waals surface area contributed by atoms with E-state index in [0.717, 1.165) is 24.9 Å². The number of aromatic hydroxyl groups is 1. The molecule has 3 rings (SSSR count). The average molecular weight is 216 g/mol. The zero-order chi connectivity index (χ0) is 11.0. The van der Waals surface area contributed by atoms with Gasteiger partial charge in [-0.25, -0.2) is 4.98 Å². The van der Waals surface area contributed by atoms with Crippen LogP contribution in [0.15, 0.2) is 24.4 Å². The summed E-state index contributed by atoms with van der Waals surface area (Å²) in [6, 6.07) is 3.60. The first-order valence-corrected chi connectivity index (χ1v) is 5.87. The van der Waals surface area contributed by atoms with E-state index >= 15 is 0 Å². The van der Waals surface area contributed by atoms with Crippen molar-refractivity contribution in [2.24, 2.45) is 0 Å². The Morgan fingerprint density at radius 1 is 1.38 bits per heavy atom. The largest absolute Gasteiger partial charge is 0.493 e. The fourth-order valence-corrected chi connectivity index (χ4v) is 2.82. The molecule has 3 heteroatoms. The third kappa shape index (κ3) is 1.61. The number of hydrogen-bond donors (Lipinski definition) is 2. The molecule has 2 N–H and O–H groups in total. The number of aromatic nitrogens is 1. The SMILES string of the molecule is Oc1ccc(C2=CCC3(CCCN3)C2)cn1. The molecule has 1 aromatic rings. The highest BCUT2D eigenvalue weighted by Crippen LogP contribution is 2.40. The summed E-state index contributed by atoms with van der Waals surface area (Å²) in [6.07, 6.45) is 8.86. The van der Waals surface area contributed by atoms with E-state index in [9.17, 15) is 0 Å². The number of nitrogens with one attached hydrogen (secondary N) is 1. The number of rotatable bonds is 1. The highest BCUT2D eigenvalue weighted by molar-refractivity contribution is 5.68. The summed E-state index contributed by atoms with van der Waals surface area (Å²) in [7, 11) is 0. The molecule has 1 aliphatic heterocycles. The van der Waals surface area contributed by atoms with Crippen molar-refractivity contribution in [3.8, 4) is 5.88 Å². The van der Waals surface area contributed by atoms with Gasteiger partial charge in [0.15, 0.2) is 0 Å². The second kappa shape index (κ2) is 3.59. The molecule has 1 aliphatic carbocycles. The second-order valence-corrected chi connectivity index (χ2v) is 4.83. The maximum Gasteiger partial charge on any atom is 0.210 e. The molecule has 3 nitrogen and oxygen atoms in total. The third-order valence-electron chi connectivity index (χ3n) is 3.72. The van der Waals surface area contributed by atoms with Crippen LogP contribution < -0.4 is 5.32 Å². The van der Waals surface area contributed by atoms with Gasteiger partial charge in [0.2, 0.25) is 5.88 Å². The normalized spacial score (nSPS) is 28.6. The summed E-state index contributed by atoms with van der Waals surface area (Å²) in [5.74, 6) is 0.0936. The van der Waals surface area contributed by atoms with Gasteiger partial charge in [0.25, 0.3) is 0 Å². The zero-order valence-corrected chi connectivity index (χ0v) is 9.24. The molecule has 1 spiro atoms. The fourth-order valence-electron chi connectivity index (χ4n) is 2.82. The Kier molecular flexibility index (Phi) is 2.21. The van der Waals surface area contributed by atoms with Crippen LogP contribution in [0.2, 0.25) is 0 Å². The summed E-state index contributed by atoms with van der Waals surface area (Å²) in [5, 5.41) is 12.8. The Labute approximate surface area is 95.2 Å². The van der Waals surface area contributed by atoms with E-state index in [1.165, 1.54) is 18.4 Å². The maximum absolute atomic E-state index is 9.16. The summed E-state index contributed by atoms with van der Waals surface area (Å²) in [4.78, 5) is 3.93. The fraction of sp³-hybridized carbons (Fsp3) is 0.462. The molecular formula is C13H16N2O. The smallest absolute Gasteiger partial charge is 0.210 e. The van der Waals surface area contributed by atoms with Crippen molar-refractivity contribution >= 4 is 5.57 Å². The lowest BCUT2D eigenvalue weighted by Crippen LogP contribution is -2.36. The molecule has 0 amide bonds. The van der Waals surface area contributed by atoms with E-state index in [0.29, 0.717) is 5.54 Å². The highest BCUT2D eigenvalue weighted by atomic mass is 16.3. The third-order valence-corrected chi connectivity index (χ3v) is 3.72. The van der Waals surface area contributed by atoms with Crippen molar-refractivity contribution in [1.82, 2.24) is 10.3 Å². The van der Waals surface area contributed by atoms with Crippen LogP contribution in [-0.4, -0.2) is 22.2 Å². The quantitative estimate of drug-likeness (QED) is 0.755. The van der Waals surface area contributed by atoms with Crippen molar-refractivity contribution in [1.29, 1.82) is 0 Å². The minimum absolute atomic E-state index is 0.0936. The van der Waals surface area contributed by atoms with Gasteiger partial charge in [-0.1, -0.05) is 6.08 Å². The van der Waals surface area contributed by atoms with Gasteiger partial charge in [-0.05, 0) is 49.4 Å². The van der Waals surface area contributed by atoms with Crippen molar-refractivity contribution < 1.29 is 5.11 Å². The second-order valence-electron chi connectivity index (χ2n) is 4.83. The maximum atomic E-state index is 9.16. The molecule has 0 radical (unpaired) electrons. The lowest BCUT2D eigenvalue weighted by atomic mass is 9.92. The van der Waals surface area contributed by atoms with Gasteiger partial charge in [-0.3, -0.25) is 0 Å². The molecule has 84 valence electrons. The lowest BCUT2D eigenvalue weighted by Gasteiger charge is -2.23. The Morgan fingerprint density at radius 2 is 2.31 bits per heavy atom. The summed E-state index contributed by atoms with van der Waals surface area (Å²) < 4.78 is 0. The Morgan fingerprint density at radius 3 is 3.00 bits per heavy atom. The predicted octanol–water partition coefficient (Wildman–Crippen LogP) is 2.09. The summed E-state index contributed by atoms with van der Waals surface area (Å²) >= 11 is 0. The first-order chi connectivity index (χ1) is 7.77. The minimum Gasteiger partial charge on any atom is -0.493 e. The van der Waals surface area contributed by atoms with Crippen molar-refractivity contribution in [2.75, 3.05) is 6.54 Å². The molecule has 1 aromatic heterocycles. The molecule has 1 unspecified atom stereocenters. The van der Waals surface area contributed by atoms with E-state index in [2.05, 4.69) is 16.4 Å². The molecule has 0 aromatic carbocycles. The van der Waals surface area contributed by atoms with Crippen LogP contribution in [0.25, 0.3) is 5.57 Å². The van der Waals surface area contributed by atoms with E-state index < -0.39 is 0 Å². The Hall–Kier alpha value is -1.35. The Balaban J connectivity index is 1.80. The summed E-state index contributed by atoms with van der Waals surface area (Å²) in [5.41, 5.74) is 2.83. The van der Waals surface area contributed by atoms with Crippen molar-refractivity contribution in [2.45, 2.75) is 31.2 Å². The number of nitrogens with zero attached hydrogens (tertiary/aromatic N) is 1. The van der Waals surface area contributed by atoms with Crippen molar-refractivity contribution in [3.05, 3.63) is 30.0 Å². The van der Waals surface area contributed by atoms with E-state index in [1.807, 2.05) is 6.07 Å². The molecule has 0 bridgehead atoms. The molecule has 2 aliphatic rings. The Bertz CT molecular complexity index is 416. The molecule has 1 atom stereocenters. The van der Waals surface area contributed by atoms with Gasteiger partial charge in [0.1, 0.15) is 0 Å². The van der Waals surface area contributed by atoms with E-state index in [1.54, 1.807) is 12.3 Å². The highest BCUT2D eigenvalue weighted by Gasteiger charge is 2.36. The van der Waals surface area contributed by atoms with Crippen LogP contribution in [0, 0.1) is 0 Å². The molecule has 2 heterocycles. The number of hydrogen-bond acceptors (Lipinski definition) is 3. The molecule has 1 saturated heterocycles. The standard InChI is InChI=1S/C13H16N2O/c16-12-3-2-11(9-14-12)10-4-6-13(8-10)5-1-7-15-13/h2-4,9,15H,1,5-8H2,(H,14,16). The van der Waals surface area contributed by atoms with E-state index in [-0.39, 0.29) is 5.88 Å². The van der Waals surface area contributed by atoms with Gasteiger partial charge in [0.05, 0.1) is 0 Å². The zero-order valence-electron chi connectivity index (χ0n) is 9.24. The molecule has 1 fully saturated rings.